The van der Waals surface area contributed by atoms with E-state index in [0.29, 0.717) is 18.8 Å². The molecule has 0 saturated carbocycles. The SMILES string of the molecule is O=C(c1cnccn1)N1CCc2[nH]nc(C(c3ccccc3)c3ccccc3)c2C1. The molecule has 1 N–H and O–H groups in total. The Kier molecular flexibility index (Phi) is 4.81. The number of amides is 1. The number of aromatic nitrogens is 4. The van der Waals surface area contributed by atoms with Crippen LogP contribution in [0.1, 0.15) is 44.5 Å². The summed E-state index contributed by atoms with van der Waals surface area (Å²) < 4.78 is 0. The Labute approximate surface area is 174 Å². The summed E-state index contributed by atoms with van der Waals surface area (Å²) in [5.41, 5.74) is 5.89. The van der Waals surface area contributed by atoms with Crippen LogP contribution in [0.3, 0.4) is 0 Å². The highest BCUT2D eigenvalue weighted by molar-refractivity contribution is 5.92. The summed E-state index contributed by atoms with van der Waals surface area (Å²) in [7, 11) is 0. The molecule has 6 nitrogen and oxygen atoms in total. The molecule has 2 aromatic carbocycles. The van der Waals surface area contributed by atoms with Gasteiger partial charge in [-0.15, -0.1) is 0 Å². The number of fused-ring (bicyclic) bond motifs is 1. The molecule has 0 fully saturated rings. The molecule has 3 heterocycles. The summed E-state index contributed by atoms with van der Waals surface area (Å²) in [5, 5.41) is 7.96. The molecular formula is C24H21N5O. The molecule has 0 radical (unpaired) electrons. The van der Waals surface area contributed by atoms with Gasteiger partial charge in [-0.05, 0) is 11.1 Å². The lowest BCUT2D eigenvalue weighted by Crippen LogP contribution is -2.36. The number of hydrogen-bond acceptors (Lipinski definition) is 4. The summed E-state index contributed by atoms with van der Waals surface area (Å²) in [6.07, 6.45) is 5.38. The average Bonchev–Trinajstić information content (AvgIpc) is 3.24. The van der Waals surface area contributed by atoms with Gasteiger partial charge in [0.25, 0.3) is 5.91 Å². The Morgan fingerprint density at radius 3 is 2.30 bits per heavy atom. The highest BCUT2D eigenvalue weighted by Crippen LogP contribution is 2.35. The minimum absolute atomic E-state index is 0.000955. The van der Waals surface area contributed by atoms with Crippen LogP contribution in [-0.2, 0) is 13.0 Å². The number of nitrogens with zero attached hydrogens (tertiary/aromatic N) is 4. The lowest BCUT2D eigenvalue weighted by Gasteiger charge is -2.28. The first-order chi connectivity index (χ1) is 14.8. The molecule has 5 rings (SSSR count). The summed E-state index contributed by atoms with van der Waals surface area (Å²) in [5.74, 6) is -0.101. The maximum atomic E-state index is 12.9. The van der Waals surface area contributed by atoms with Crippen molar-refractivity contribution in [2.75, 3.05) is 6.54 Å². The van der Waals surface area contributed by atoms with Crippen molar-refractivity contribution in [2.45, 2.75) is 18.9 Å². The van der Waals surface area contributed by atoms with Crippen molar-refractivity contribution in [1.29, 1.82) is 0 Å². The maximum Gasteiger partial charge on any atom is 0.274 e. The number of H-pyrrole nitrogens is 1. The Bertz CT molecular complexity index is 1100. The molecule has 6 heteroatoms. The van der Waals surface area contributed by atoms with Crippen LogP contribution in [0.4, 0.5) is 0 Å². The molecule has 1 aliphatic rings. The predicted molar refractivity (Wildman–Crippen MR) is 113 cm³/mol. The first-order valence-corrected chi connectivity index (χ1v) is 10.0. The van der Waals surface area contributed by atoms with Crippen molar-refractivity contribution in [3.05, 3.63) is 113 Å². The maximum absolute atomic E-state index is 12.9. The minimum Gasteiger partial charge on any atom is -0.332 e. The summed E-state index contributed by atoms with van der Waals surface area (Å²) in [6, 6.07) is 20.8. The van der Waals surface area contributed by atoms with Crippen molar-refractivity contribution in [2.24, 2.45) is 0 Å². The number of rotatable bonds is 4. The van der Waals surface area contributed by atoms with E-state index in [-0.39, 0.29) is 11.8 Å². The van der Waals surface area contributed by atoms with Gasteiger partial charge in [0.05, 0.1) is 17.8 Å². The number of hydrogen-bond donors (Lipinski definition) is 1. The molecule has 1 amide bonds. The number of carbonyl (C=O) groups is 1. The molecule has 0 aliphatic carbocycles. The quantitative estimate of drug-likeness (QED) is 0.573. The Balaban J connectivity index is 1.53. The van der Waals surface area contributed by atoms with Crippen LogP contribution in [-0.4, -0.2) is 37.5 Å². The first-order valence-electron chi connectivity index (χ1n) is 10.0. The van der Waals surface area contributed by atoms with Crippen molar-refractivity contribution in [3.8, 4) is 0 Å². The molecule has 0 atom stereocenters. The van der Waals surface area contributed by atoms with Crippen LogP contribution in [0.25, 0.3) is 0 Å². The molecule has 0 bridgehead atoms. The van der Waals surface area contributed by atoms with Crippen molar-refractivity contribution in [1.82, 2.24) is 25.1 Å². The third-order valence-electron chi connectivity index (χ3n) is 5.57. The lowest BCUT2D eigenvalue weighted by molar-refractivity contribution is 0.0727. The van der Waals surface area contributed by atoms with Gasteiger partial charge < -0.3 is 4.90 Å². The van der Waals surface area contributed by atoms with E-state index in [1.54, 1.807) is 12.4 Å². The van der Waals surface area contributed by atoms with Crippen LogP contribution in [0, 0.1) is 0 Å². The van der Waals surface area contributed by atoms with Crippen LogP contribution in [0.5, 0.6) is 0 Å². The molecule has 0 saturated heterocycles. The van der Waals surface area contributed by atoms with E-state index in [2.05, 4.69) is 39.3 Å². The minimum atomic E-state index is -0.100. The van der Waals surface area contributed by atoms with Crippen molar-refractivity contribution < 1.29 is 4.79 Å². The molecule has 148 valence electrons. The Hall–Kier alpha value is -3.80. The molecule has 30 heavy (non-hydrogen) atoms. The van der Waals surface area contributed by atoms with Gasteiger partial charge in [0.15, 0.2) is 0 Å². The zero-order valence-electron chi connectivity index (χ0n) is 16.4. The van der Waals surface area contributed by atoms with E-state index in [0.717, 1.165) is 23.4 Å². The van der Waals surface area contributed by atoms with Crippen molar-refractivity contribution >= 4 is 5.91 Å². The molecule has 1 aliphatic heterocycles. The molecule has 4 aromatic rings. The van der Waals surface area contributed by atoms with Gasteiger partial charge in [0, 0.05) is 43.2 Å². The van der Waals surface area contributed by atoms with E-state index in [4.69, 9.17) is 5.10 Å². The Morgan fingerprint density at radius 2 is 1.67 bits per heavy atom. The van der Waals surface area contributed by atoms with E-state index in [9.17, 15) is 4.79 Å². The molecule has 0 unspecified atom stereocenters. The lowest BCUT2D eigenvalue weighted by atomic mass is 9.85. The van der Waals surface area contributed by atoms with E-state index in [1.165, 1.54) is 17.3 Å². The third-order valence-corrected chi connectivity index (χ3v) is 5.57. The second-order valence-corrected chi connectivity index (χ2v) is 7.39. The second kappa shape index (κ2) is 7.91. The zero-order valence-corrected chi connectivity index (χ0v) is 16.4. The summed E-state index contributed by atoms with van der Waals surface area (Å²) in [4.78, 5) is 23.0. The van der Waals surface area contributed by atoms with Crippen LogP contribution in [0.2, 0.25) is 0 Å². The molecule has 2 aromatic heterocycles. The largest absolute Gasteiger partial charge is 0.332 e. The van der Waals surface area contributed by atoms with Crippen LogP contribution < -0.4 is 0 Å². The van der Waals surface area contributed by atoms with Gasteiger partial charge >= 0.3 is 0 Å². The fourth-order valence-electron chi connectivity index (χ4n) is 4.10. The van der Waals surface area contributed by atoms with Gasteiger partial charge in [0.1, 0.15) is 5.69 Å². The summed E-state index contributed by atoms with van der Waals surface area (Å²) in [6.45, 7) is 1.14. The molecule has 0 spiro atoms. The van der Waals surface area contributed by atoms with Gasteiger partial charge in [-0.25, -0.2) is 4.98 Å². The third kappa shape index (κ3) is 3.37. The highest BCUT2D eigenvalue weighted by Gasteiger charge is 2.30. The number of nitrogens with one attached hydrogen (secondary N) is 1. The zero-order chi connectivity index (χ0) is 20.3. The number of aromatic amines is 1. The highest BCUT2D eigenvalue weighted by atomic mass is 16.2. The predicted octanol–water partition coefficient (Wildman–Crippen LogP) is 3.58. The van der Waals surface area contributed by atoms with Gasteiger partial charge in [-0.2, -0.15) is 5.10 Å². The fraction of sp³-hybridized carbons (Fsp3) is 0.167. The van der Waals surface area contributed by atoms with Crippen LogP contribution in [0.15, 0.2) is 79.3 Å². The Morgan fingerprint density at radius 1 is 0.967 bits per heavy atom. The number of benzene rings is 2. The second-order valence-electron chi connectivity index (χ2n) is 7.39. The van der Waals surface area contributed by atoms with E-state index in [1.807, 2.05) is 41.3 Å². The van der Waals surface area contributed by atoms with Crippen molar-refractivity contribution in [3.63, 3.8) is 0 Å². The van der Waals surface area contributed by atoms with Gasteiger partial charge in [-0.3, -0.25) is 14.9 Å². The summed E-state index contributed by atoms with van der Waals surface area (Å²) >= 11 is 0. The van der Waals surface area contributed by atoms with E-state index < -0.39 is 0 Å². The van der Waals surface area contributed by atoms with Crippen LogP contribution >= 0.6 is 0 Å². The standard InChI is InChI=1S/C24H21N5O/c30-24(21-15-25-12-13-26-21)29-14-11-20-19(16-29)23(28-27-20)22(17-7-3-1-4-8-17)18-9-5-2-6-10-18/h1-10,12-13,15,22H,11,14,16H2,(H,27,28). The normalized spacial score (nSPS) is 13.3. The fourth-order valence-corrected chi connectivity index (χ4v) is 4.10. The molecular weight excluding hydrogens is 374 g/mol. The number of carbonyl (C=O) groups excluding carboxylic acids is 1. The van der Waals surface area contributed by atoms with Gasteiger partial charge in [0.2, 0.25) is 0 Å². The van der Waals surface area contributed by atoms with Gasteiger partial charge in [-0.1, -0.05) is 60.7 Å². The average molecular weight is 395 g/mol. The topological polar surface area (TPSA) is 74.8 Å². The first kappa shape index (κ1) is 18.2. The smallest absolute Gasteiger partial charge is 0.274 e. The van der Waals surface area contributed by atoms with E-state index >= 15 is 0 Å². The monoisotopic (exact) mass is 395 g/mol.